The molecule has 23 heavy (non-hydrogen) atoms. The van der Waals surface area contributed by atoms with Crippen LogP contribution in [0.4, 0.5) is 0 Å². The fourth-order valence-electron chi connectivity index (χ4n) is 2.34. The minimum Gasteiger partial charge on any atom is -0.497 e. The van der Waals surface area contributed by atoms with Crippen LogP contribution in [0.3, 0.4) is 0 Å². The van der Waals surface area contributed by atoms with Crippen LogP contribution in [0.5, 0.6) is 11.5 Å². The maximum absolute atomic E-state index is 11.1. The summed E-state index contributed by atoms with van der Waals surface area (Å²) in [5, 5.41) is 2.88. The zero-order valence-corrected chi connectivity index (χ0v) is 13.8. The Labute approximate surface area is 137 Å². The van der Waals surface area contributed by atoms with Gasteiger partial charge < -0.3 is 14.8 Å². The van der Waals surface area contributed by atoms with Gasteiger partial charge in [0.25, 0.3) is 0 Å². The smallest absolute Gasteiger partial charge is 0.217 e. The van der Waals surface area contributed by atoms with Crippen molar-refractivity contribution in [3.05, 3.63) is 59.7 Å². The summed E-state index contributed by atoms with van der Waals surface area (Å²) < 4.78 is 10.9. The lowest BCUT2D eigenvalue weighted by atomic mass is 10.0. The second-order valence-corrected chi connectivity index (χ2v) is 5.44. The van der Waals surface area contributed by atoms with Crippen molar-refractivity contribution in [3.63, 3.8) is 0 Å². The van der Waals surface area contributed by atoms with Crippen LogP contribution in [0.2, 0.25) is 0 Å². The van der Waals surface area contributed by atoms with E-state index in [1.54, 1.807) is 7.11 Å². The Morgan fingerprint density at radius 3 is 2.48 bits per heavy atom. The van der Waals surface area contributed by atoms with Crippen LogP contribution in [0.15, 0.2) is 48.5 Å². The van der Waals surface area contributed by atoms with Gasteiger partial charge in [0.1, 0.15) is 11.5 Å². The number of carbonyl (C=O) groups excluding carboxylic acids is 1. The van der Waals surface area contributed by atoms with E-state index in [1.807, 2.05) is 43.3 Å². The molecule has 4 heteroatoms. The lowest BCUT2D eigenvalue weighted by Crippen LogP contribution is -2.23. The molecule has 1 N–H and O–H groups in total. The summed E-state index contributed by atoms with van der Waals surface area (Å²) in [5.41, 5.74) is 2.30. The lowest BCUT2D eigenvalue weighted by Gasteiger charge is -2.13. The molecule has 0 unspecified atom stereocenters. The van der Waals surface area contributed by atoms with Gasteiger partial charge in [0, 0.05) is 19.4 Å². The summed E-state index contributed by atoms with van der Waals surface area (Å²) in [5.74, 6) is 1.58. The van der Waals surface area contributed by atoms with Crippen molar-refractivity contribution in [2.24, 2.45) is 0 Å². The fraction of sp³-hybridized carbons (Fsp3) is 0.316. The number of ether oxygens (including phenoxy) is 2. The first-order chi connectivity index (χ1) is 11.1. The number of amides is 1. The molecule has 0 saturated carbocycles. The fourth-order valence-corrected chi connectivity index (χ4v) is 2.34. The van der Waals surface area contributed by atoms with Crippen LogP contribution in [-0.4, -0.2) is 19.6 Å². The van der Waals surface area contributed by atoms with Gasteiger partial charge in [0.2, 0.25) is 5.91 Å². The molecule has 2 aromatic rings. The Bertz CT molecular complexity index is 637. The first-order valence-corrected chi connectivity index (χ1v) is 7.71. The van der Waals surface area contributed by atoms with Crippen LogP contribution in [0.25, 0.3) is 0 Å². The van der Waals surface area contributed by atoms with Gasteiger partial charge in [-0.1, -0.05) is 30.3 Å². The standard InChI is InChI=1S/C19H23NO3/c1-14(20-15(2)21)17-9-7-16(8-10-17)11-12-23-19-6-4-5-18(13-19)22-3/h4-10,13-14H,11-12H2,1-3H3,(H,20,21)/t14-/m1/s1. The Kier molecular flexibility index (Phi) is 6.03. The highest BCUT2D eigenvalue weighted by atomic mass is 16.5. The molecule has 0 aliphatic heterocycles. The van der Waals surface area contributed by atoms with E-state index >= 15 is 0 Å². The monoisotopic (exact) mass is 313 g/mol. The molecule has 0 bridgehead atoms. The minimum atomic E-state index is -0.0201. The number of hydrogen-bond donors (Lipinski definition) is 1. The number of nitrogens with one attached hydrogen (secondary N) is 1. The van der Waals surface area contributed by atoms with Crippen LogP contribution < -0.4 is 14.8 Å². The number of methoxy groups -OCH3 is 1. The van der Waals surface area contributed by atoms with Gasteiger partial charge in [0.05, 0.1) is 19.8 Å². The van der Waals surface area contributed by atoms with E-state index in [4.69, 9.17) is 9.47 Å². The molecule has 0 spiro atoms. The molecule has 0 aliphatic carbocycles. The highest BCUT2D eigenvalue weighted by molar-refractivity contribution is 5.73. The molecule has 4 nitrogen and oxygen atoms in total. The van der Waals surface area contributed by atoms with E-state index in [0.29, 0.717) is 6.61 Å². The molecular weight excluding hydrogens is 290 g/mol. The van der Waals surface area contributed by atoms with Crippen molar-refractivity contribution in [3.8, 4) is 11.5 Å². The maximum atomic E-state index is 11.1. The molecule has 2 aromatic carbocycles. The van der Waals surface area contributed by atoms with Crippen molar-refractivity contribution in [1.82, 2.24) is 5.32 Å². The average Bonchev–Trinajstić information content (AvgIpc) is 2.55. The molecule has 122 valence electrons. The van der Waals surface area contributed by atoms with Gasteiger partial charge >= 0.3 is 0 Å². The van der Waals surface area contributed by atoms with Crippen molar-refractivity contribution in [2.75, 3.05) is 13.7 Å². The second kappa shape index (κ2) is 8.22. The summed E-state index contributed by atoms with van der Waals surface area (Å²) in [7, 11) is 1.64. The zero-order chi connectivity index (χ0) is 16.7. The van der Waals surface area contributed by atoms with Crippen LogP contribution in [0.1, 0.15) is 31.0 Å². The molecule has 2 rings (SSSR count). The molecule has 0 aromatic heterocycles. The predicted octanol–water partition coefficient (Wildman–Crippen LogP) is 3.51. The number of hydrogen-bond acceptors (Lipinski definition) is 3. The summed E-state index contributed by atoms with van der Waals surface area (Å²) in [6.45, 7) is 4.11. The molecule has 0 heterocycles. The number of benzene rings is 2. The van der Waals surface area contributed by atoms with Gasteiger partial charge in [-0.15, -0.1) is 0 Å². The van der Waals surface area contributed by atoms with Crippen molar-refractivity contribution in [2.45, 2.75) is 26.3 Å². The topological polar surface area (TPSA) is 47.6 Å². The molecule has 0 aliphatic rings. The number of carbonyl (C=O) groups is 1. The zero-order valence-electron chi connectivity index (χ0n) is 13.8. The maximum Gasteiger partial charge on any atom is 0.217 e. The van der Waals surface area contributed by atoms with Gasteiger partial charge in [-0.05, 0) is 30.2 Å². The third-order valence-corrected chi connectivity index (χ3v) is 3.60. The van der Waals surface area contributed by atoms with Gasteiger partial charge in [-0.2, -0.15) is 0 Å². The first kappa shape index (κ1) is 16.9. The van der Waals surface area contributed by atoms with Gasteiger partial charge in [-0.25, -0.2) is 0 Å². The summed E-state index contributed by atoms with van der Waals surface area (Å²) in [4.78, 5) is 11.1. The van der Waals surface area contributed by atoms with Crippen molar-refractivity contribution < 1.29 is 14.3 Å². The van der Waals surface area contributed by atoms with E-state index < -0.39 is 0 Å². The van der Waals surface area contributed by atoms with Gasteiger partial charge in [-0.3, -0.25) is 4.79 Å². The second-order valence-electron chi connectivity index (χ2n) is 5.44. The SMILES string of the molecule is COc1cccc(OCCc2ccc([C@@H](C)NC(C)=O)cc2)c1. The summed E-state index contributed by atoms with van der Waals surface area (Å²) in [6.07, 6.45) is 0.825. The van der Waals surface area contributed by atoms with Gasteiger partial charge in [0.15, 0.2) is 0 Å². The minimum absolute atomic E-state index is 0.0201. The Morgan fingerprint density at radius 2 is 1.83 bits per heavy atom. The largest absolute Gasteiger partial charge is 0.497 e. The summed E-state index contributed by atoms with van der Waals surface area (Å²) in [6, 6.07) is 15.8. The van der Waals surface area contributed by atoms with E-state index in [9.17, 15) is 4.79 Å². The quantitative estimate of drug-likeness (QED) is 0.851. The Balaban J connectivity index is 1.85. The molecular formula is C19H23NO3. The Morgan fingerprint density at radius 1 is 1.13 bits per heavy atom. The third-order valence-electron chi connectivity index (χ3n) is 3.60. The van der Waals surface area contributed by atoms with E-state index in [-0.39, 0.29) is 11.9 Å². The summed E-state index contributed by atoms with van der Waals surface area (Å²) >= 11 is 0. The molecule has 0 fully saturated rings. The van der Waals surface area contributed by atoms with E-state index in [0.717, 1.165) is 23.5 Å². The van der Waals surface area contributed by atoms with Crippen LogP contribution in [-0.2, 0) is 11.2 Å². The predicted molar refractivity (Wildman–Crippen MR) is 90.9 cm³/mol. The molecule has 0 radical (unpaired) electrons. The van der Waals surface area contributed by atoms with Crippen molar-refractivity contribution >= 4 is 5.91 Å². The third kappa shape index (κ3) is 5.33. The van der Waals surface area contributed by atoms with Crippen molar-refractivity contribution in [1.29, 1.82) is 0 Å². The van der Waals surface area contributed by atoms with Crippen LogP contribution >= 0.6 is 0 Å². The highest BCUT2D eigenvalue weighted by Crippen LogP contribution is 2.19. The molecule has 1 atom stereocenters. The highest BCUT2D eigenvalue weighted by Gasteiger charge is 2.06. The first-order valence-electron chi connectivity index (χ1n) is 7.71. The van der Waals surface area contributed by atoms with E-state index in [1.165, 1.54) is 12.5 Å². The Hall–Kier alpha value is -2.49. The van der Waals surface area contributed by atoms with E-state index in [2.05, 4.69) is 17.4 Å². The molecule has 0 saturated heterocycles. The average molecular weight is 313 g/mol. The normalized spacial score (nSPS) is 11.6. The number of rotatable bonds is 7. The van der Waals surface area contributed by atoms with Crippen LogP contribution in [0, 0.1) is 0 Å². The molecule has 1 amide bonds. The lowest BCUT2D eigenvalue weighted by molar-refractivity contribution is -0.119.